The second kappa shape index (κ2) is 10.5. The van der Waals surface area contributed by atoms with Gasteiger partial charge < -0.3 is 20.1 Å². The summed E-state index contributed by atoms with van der Waals surface area (Å²) in [4.78, 5) is 12.6. The largest absolute Gasteiger partial charge is 0.507 e. The number of phenols is 1. The monoisotopic (exact) mass is 498 g/mol. The third kappa shape index (κ3) is 4.86. The molecule has 5 nitrogen and oxygen atoms in total. The molecule has 0 bridgehead atoms. The number of nitrogens with one attached hydrogen (secondary N) is 1. The van der Waals surface area contributed by atoms with Gasteiger partial charge in [0.2, 0.25) is 0 Å². The number of carbonyl (C=O) groups is 1. The van der Waals surface area contributed by atoms with E-state index in [2.05, 4.69) is 33.5 Å². The van der Waals surface area contributed by atoms with Crippen molar-refractivity contribution in [1.82, 2.24) is 9.88 Å². The van der Waals surface area contributed by atoms with Crippen LogP contribution in [0.5, 0.6) is 5.75 Å². The zero-order valence-corrected chi connectivity index (χ0v) is 19.9. The van der Waals surface area contributed by atoms with Crippen LogP contribution in [0.25, 0.3) is 10.9 Å². The number of aromatic hydroxyl groups is 1. The van der Waals surface area contributed by atoms with Crippen LogP contribution < -0.4 is 5.32 Å². The molecule has 3 aromatic rings. The maximum atomic E-state index is 12.6. The Hall–Kier alpha value is -2.31. The summed E-state index contributed by atoms with van der Waals surface area (Å²) in [5, 5.41) is 24.1. The first kappa shape index (κ1) is 22.9. The van der Waals surface area contributed by atoms with Crippen LogP contribution in [0.1, 0.15) is 66.8 Å². The van der Waals surface area contributed by atoms with Gasteiger partial charge >= 0.3 is 0 Å². The molecule has 1 amide bonds. The standard InChI is InChI=1S/C26H31BrN2O3/c27-22-11-7-12-23-25(22)21(16-29(23)17-30)19(18-8-3-1-2-4-9-18)14-15-28-26(32)20-10-5-6-13-24(20)31/h5-7,10-13,16,18-19,30-31H,1-4,8-9,14-15,17H2,(H,28,32). The lowest BCUT2D eigenvalue weighted by molar-refractivity contribution is 0.0948. The number of benzene rings is 2. The molecule has 1 saturated carbocycles. The molecule has 4 rings (SSSR count). The number of para-hydroxylation sites is 1. The third-order valence-electron chi connectivity index (χ3n) is 6.79. The van der Waals surface area contributed by atoms with E-state index in [-0.39, 0.29) is 24.3 Å². The number of halogens is 1. The number of fused-ring (bicyclic) bond motifs is 1. The van der Waals surface area contributed by atoms with Crippen LogP contribution in [0.2, 0.25) is 0 Å². The molecule has 170 valence electrons. The second-order valence-corrected chi connectivity index (χ2v) is 9.60. The fourth-order valence-electron chi connectivity index (χ4n) is 5.20. The van der Waals surface area contributed by atoms with Gasteiger partial charge in [0, 0.05) is 22.6 Å². The van der Waals surface area contributed by atoms with Crippen molar-refractivity contribution >= 4 is 32.7 Å². The van der Waals surface area contributed by atoms with Crippen molar-refractivity contribution in [2.75, 3.05) is 6.54 Å². The molecule has 6 heteroatoms. The molecule has 1 aliphatic rings. The zero-order chi connectivity index (χ0) is 22.5. The summed E-state index contributed by atoms with van der Waals surface area (Å²) in [6.45, 7) is 0.471. The van der Waals surface area contributed by atoms with Crippen molar-refractivity contribution in [3.8, 4) is 5.75 Å². The molecule has 1 atom stereocenters. The van der Waals surface area contributed by atoms with Crippen LogP contribution in [0.15, 0.2) is 53.1 Å². The van der Waals surface area contributed by atoms with Gasteiger partial charge in [-0.1, -0.05) is 59.8 Å². The maximum absolute atomic E-state index is 12.6. The first-order valence-corrected chi connectivity index (χ1v) is 12.3. The second-order valence-electron chi connectivity index (χ2n) is 8.75. The predicted octanol–water partition coefficient (Wildman–Crippen LogP) is 5.93. The van der Waals surface area contributed by atoms with E-state index >= 15 is 0 Å². The van der Waals surface area contributed by atoms with Crippen molar-refractivity contribution in [3.63, 3.8) is 0 Å². The van der Waals surface area contributed by atoms with Gasteiger partial charge in [0.05, 0.1) is 11.1 Å². The van der Waals surface area contributed by atoms with Crippen LogP contribution in [0.3, 0.4) is 0 Å². The van der Waals surface area contributed by atoms with E-state index in [1.807, 2.05) is 16.7 Å². The maximum Gasteiger partial charge on any atom is 0.255 e. The normalized spacial score (nSPS) is 16.1. The Kier molecular flexibility index (Phi) is 7.53. The van der Waals surface area contributed by atoms with E-state index in [4.69, 9.17) is 0 Å². The van der Waals surface area contributed by atoms with Crippen LogP contribution in [-0.2, 0) is 6.73 Å². The lowest BCUT2D eigenvalue weighted by atomic mass is 9.79. The lowest BCUT2D eigenvalue weighted by Gasteiger charge is -2.27. The van der Waals surface area contributed by atoms with Gasteiger partial charge in [-0.15, -0.1) is 0 Å². The van der Waals surface area contributed by atoms with Crippen molar-refractivity contribution < 1.29 is 15.0 Å². The lowest BCUT2D eigenvalue weighted by Crippen LogP contribution is -2.27. The van der Waals surface area contributed by atoms with Gasteiger partial charge in [0.15, 0.2) is 0 Å². The van der Waals surface area contributed by atoms with Crippen molar-refractivity contribution in [3.05, 3.63) is 64.3 Å². The molecular weight excluding hydrogens is 468 g/mol. The fraction of sp³-hybridized carbons (Fsp3) is 0.423. The highest BCUT2D eigenvalue weighted by Crippen LogP contribution is 2.42. The van der Waals surface area contributed by atoms with E-state index in [1.54, 1.807) is 18.2 Å². The van der Waals surface area contributed by atoms with Gasteiger partial charge in [0.25, 0.3) is 5.91 Å². The highest BCUT2D eigenvalue weighted by atomic mass is 79.9. The number of aromatic nitrogens is 1. The Morgan fingerprint density at radius 3 is 2.56 bits per heavy atom. The van der Waals surface area contributed by atoms with E-state index < -0.39 is 0 Å². The molecule has 1 aliphatic carbocycles. The molecule has 3 N–H and O–H groups in total. The Bertz CT molecular complexity index is 1070. The van der Waals surface area contributed by atoms with Gasteiger partial charge in [0.1, 0.15) is 12.5 Å². The highest BCUT2D eigenvalue weighted by molar-refractivity contribution is 9.10. The number of carbonyl (C=O) groups excluding carboxylic acids is 1. The van der Waals surface area contributed by atoms with Crippen LogP contribution in [-0.4, -0.2) is 27.2 Å². The molecular formula is C26H31BrN2O3. The van der Waals surface area contributed by atoms with Crippen LogP contribution >= 0.6 is 15.9 Å². The average molecular weight is 499 g/mol. The summed E-state index contributed by atoms with van der Waals surface area (Å²) in [5.41, 5.74) is 2.57. The molecule has 32 heavy (non-hydrogen) atoms. The van der Waals surface area contributed by atoms with Gasteiger partial charge in [-0.2, -0.15) is 0 Å². The molecule has 0 spiro atoms. The summed E-state index contributed by atoms with van der Waals surface area (Å²) in [5.74, 6) is 0.582. The minimum absolute atomic E-state index is 0.000245. The first-order valence-electron chi connectivity index (χ1n) is 11.5. The summed E-state index contributed by atoms with van der Waals surface area (Å²) in [6, 6.07) is 12.7. The molecule has 0 saturated heterocycles. The predicted molar refractivity (Wildman–Crippen MR) is 131 cm³/mol. The van der Waals surface area contributed by atoms with Crippen LogP contribution in [0, 0.1) is 5.92 Å². The highest BCUT2D eigenvalue weighted by Gasteiger charge is 2.28. The molecule has 1 aromatic heterocycles. The van der Waals surface area contributed by atoms with E-state index in [9.17, 15) is 15.0 Å². The summed E-state index contributed by atoms with van der Waals surface area (Å²) in [6.07, 6.45) is 10.3. The Balaban J connectivity index is 1.61. The SMILES string of the molecule is O=C(NCCC(c1cn(CO)c2cccc(Br)c12)C1CCCCCC1)c1ccccc1O. The Morgan fingerprint density at radius 1 is 1.09 bits per heavy atom. The van der Waals surface area contributed by atoms with Crippen molar-refractivity contribution in [2.24, 2.45) is 5.92 Å². The van der Waals surface area contributed by atoms with E-state index in [0.29, 0.717) is 18.0 Å². The average Bonchev–Trinajstić information content (AvgIpc) is 2.97. The van der Waals surface area contributed by atoms with E-state index in [0.717, 1.165) is 21.8 Å². The molecule has 2 aromatic carbocycles. The number of phenolic OH excluding ortho intramolecular Hbond substituents is 1. The number of rotatable bonds is 7. The Morgan fingerprint density at radius 2 is 1.84 bits per heavy atom. The van der Waals surface area contributed by atoms with Gasteiger partial charge in [-0.05, 0) is 60.9 Å². The summed E-state index contributed by atoms with van der Waals surface area (Å²) < 4.78 is 2.94. The minimum Gasteiger partial charge on any atom is -0.507 e. The number of hydrogen-bond acceptors (Lipinski definition) is 3. The number of nitrogens with zero attached hydrogens (tertiary/aromatic N) is 1. The Labute approximate surface area is 197 Å². The number of amides is 1. The molecule has 1 fully saturated rings. The minimum atomic E-state index is -0.248. The summed E-state index contributed by atoms with van der Waals surface area (Å²) in [7, 11) is 0. The van der Waals surface area contributed by atoms with Crippen molar-refractivity contribution in [2.45, 2.75) is 57.6 Å². The van der Waals surface area contributed by atoms with Crippen molar-refractivity contribution in [1.29, 1.82) is 0 Å². The quantitative estimate of drug-likeness (QED) is 0.353. The molecule has 1 unspecified atom stereocenters. The van der Waals surface area contributed by atoms with Gasteiger partial charge in [-0.3, -0.25) is 4.79 Å². The number of aliphatic hydroxyl groups is 1. The fourth-order valence-corrected chi connectivity index (χ4v) is 5.78. The third-order valence-corrected chi connectivity index (χ3v) is 7.46. The molecule has 0 aliphatic heterocycles. The van der Waals surface area contributed by atoms with Gasteiger partial charge in [-0.25, -0.2) is 0 Å². The number of hydrogen-bond donors (Lipinski definition) is 3. The topological polar surface area (TPSA) is 74.5 Å². The zero-order valence-electron chi connectivity index (χ0n) is 18.3. The van der Waals surface area contributed by atoms with Crippen LogP contribution in [0.4, 0.5) is 0 Å². The molecule has 0 radical (unpaired) electrons. The number of aliphatic hydroxyl groups excluding tert-OH is 1. The smallest absolute Gasteiger partial charge is 0.255 e. The van der Waals surface area contributed by atoms with E-state index in [1.165, 1.54) is 50.2 Å². The molecule has 1 heterocycles. The summed E-state index contributed by atoms with van der Waals surface area (Å²) >= 11 is 3.74. The first-order chi connectivity index (χ1) is 15.6.